The van der Waals surface area contributed by atoms with Crippen molar-refractivity contribution in [3.8, 4) is 0 Å². The van der Waals surface area contributed by atoms with Crippen LogP contribution in [0.5, 0.6) is 0 Å². The molecule has 5 N–H and O–H groups in total. The van der Waals surface area contributed by atoms with Gasteiger partial charge in [0.2, 0.25) is 0 Å². The zero-order valence-corrected chi connectivity index (χ0v) is 23.5. The van der Waals surface area contributed by atoms with Gasteiger partial charge in [-0.2, -0.15) is 0 Å². The van der Waals surface area contributed by atoms with Crippen molar-refractivity contribution in [2.24, 2.45) is 11.7 Å². The Bertz CT molecular complexity index is 1090. The van der Waals surface area contributed by atoms with Crippen LogP contribution in [0.25, 0.3) is 5.57 Å². The molecule has 202 valence electrons. The number of hydrogen-bond acceptors (Lipinski definition) is 5. The summed E-state index contributed by atoms with van der Waals surface area (Å²) in [6.45, 7) is 21.4. The van der Waals surface area contributed by atoms with Gasteiger partial charge in [-0.15, -0.1) is 0 Å². The lowest BCUT2D eigenvalue weighted by molar-refractivity contribution is -0.114. The molecule has 1 saturated carbocycles. The maximum atomic E-state index is 12.4. The van der Waals surface area contributed by atoms with Crippen LogP contribution in [-0.4, -0.2) is 29.7 Å². The molecule has 0 saturated heterocycles. The molecular weight excluding hydrogens is 464 g/mol. The third kappa shape index (κ3) is 9.16. The molecule has 0 radical (unpaired) electrons. The molecule has 0 bridgehead atoms. The van der Waals surface area contributed by atoms with Crippen molar-refractivity contribution >= 4 is 23.3 Å². The number of allylic oxidation sites excluding steroid dienone is 4. The Morgan fingerprint density at radius 3 is 2.30 bits per heavy atom. The predicted molar refractivity (Wildman–Crippen MR) is 153 cm³/mol. The molecule has 1 aromatic rings. The molecule has 1 fully saturated rings. The number of primary amides is 1. The quantitative estimate of drug-likeness (QED) is 0.216. The van der Waals surface area contributed by atoms with Crippen LogP contribution in [0.4, 0.5) is 10.5 Å². The Morgan fingerprint density at radius 2 is 1.78 bits per heavy atom. The van der Waals surface area contributed by atoms with Gasteiger partial charge >= 0.3 is 6.09 Å². The van der Waals surface area contributed by atoms with Crippen molar-refractivity contribution in [2.75, 3.05) is 5.32 Å². The highest BCUT2D eigenvalue weighted by atomic mass is 16.6. The minimum atomic E-state index is -0.573. The second-order valence-corrected chi connectivity index (χ2v) is 11.0. The number of carbonyl (C=O) groups is 2. The van der Waals surface area contributed by atoms with Crippen molar-refractivity contribution < 1.29 is 14.3 Å². The summed E-state index contributed by atoms with van der Waals surface area (Å²) in [6.07, 6.45) is 4.67. The molecule has 0 aliphatic heterocycles. The second-order valence-electron chi connectivity index (χ2n) is 11.0. The lowest BCUT2D eigenvalue weighted by atomic mass is 9.77. The fourth-order valence-corrected chi connectivity index (χ4v) is 4.13. The maximum Gasteiger partial charge on any atom is 0.407 e. The maximum absolute atomic E-state index is 12.4. The highest BCUT2D eigenvalue weighted by Gasteiger charge is 2.33. The molecule has 0 aromatic heterocycles. The summed E-state index contributed by atoms with van der Waals surface area (Å²) in [5, 5.41) is 9.76. The predicted octanol–water partition coefficient (Wildman–Crippen LogP) is 6.02. The largest absolute Gasteiger partial charge is 0.444 e. The van der Waals surface area contributed by atoms with Crippen LogP contribution in [-0.2, 0) is 9.53 Å². The number of rotatable bonds is 11. The van der Waals surface area contributed by atoms with E-state index in [1.165, 1.54) is 6.42 Å². The van der Waals surface area contributed by atoms with Crippen molar-refractivity contribution in [3.63, 3.8) is 0 Å². The minimum Gasteiger partial charge on any atom is -0.444 e. The lowest BCUT2D eigenvalue weighted by Gasteiger charge is -2.39. The van der Waals surface area contributed by atoms with Gasteiger partial charge in [0, 0.05) is 29.2 Å². The number of hydrogen-bond donors (Lipinski definition) is 4. The van der Waals surface area contributed by atoms with Crippen LogP contribution < -0.4 is 21.7 Å². The van der Waals surface area contributed by atoms with Crippen molar-refractivity contribution in [2.45, 2.75) is 85.4 Å². The first-order valence-corrected chi connectivity index (χ1v) is 12.8. The number of nitrogens with one attached hydrogen (secondary N) is 3. The number of anilines is 1. The van der Waals surface area contributed by atoms with E-state index in [0.717, 1.165) is 40.9 Å². The lowest BCUT2D eigenvalue weighted by Crippen LogP contribution is -2.53. The summed E-state index contributed by atoms with van der Waals surface area (Å²) in [4.78, 5) is 24.7. The SMILES string of the molecule is C=C(Nc1cccc(C(=C)C)c1)/C(=C\C(C)=C(/C)N[C@H](C1CCC1)[C@H](C)NC(=O)OC(C)(C)C)C(N)=O. The molecule has 0 heterocycles. The topological polar surface area (TPSA) is 105 Å². The Labute approximate surface area is 222 Å². The summed E-state index contributed by atoms with van der Waals surface area (Å²) < 4.78 is 5.44. The smallest absolute Gasteiger partial charge is 0.407 e. The van der Waals surface area contributed by atoms with E-state index in [1.54, 1.807) is 6.08 Å². The normalized spacial score (nSPS) is 16.5. The van der Waals surface area contributed by atoms with Crippen LogP contribution in [0, 0.1) is 5.92 Å². The van der Waals surface area contributed by atoms with E-state index in [-0.39, 0.29) is 12.1 Å². The van der Waals surface area contributed by atoms with Gasteiger partial charge in [0.05, 0.1) is 5.57 Å². The second kappa shape index (κ2) is 12.7. The Balaban J connectivity index is 2.21. The molecule has 2 atom stereocenters. The van der Waals surface area contributed by atoms with E-state index in [2.05, 4.69) is 29.1 Å². The van der Waals surface area contributed by atoms with Crippen LogP contribution in [0.1, 0.15) is 73.3 Å². The van der Waals surface area contributed by atoms with Gasteiger partial charge in [-0.3, -0.25) is 4.79 Å². The highest BCUT2D eigenvalue weighted by molar-refractivity contribution is 5.97. The molecule has 1 aliphatic rings. The zero-order valence-electron chi connectivity index (χ0n) is 23.5. The van der Waals surface area contributed by atoms with E-state index in [0.29, 0.717) is 17.2 Å². The van der Waals surface area contributed by atoms with E-state index in [1.807, 2.05) is 72.7 Å². The summed E-state index contributed by atoms with van der Waals surface area (Å²) in [5.41, 5.74) is 10.3. The van der Waals surface area contributed by atoms with Crippen LogP contribution in [0.2, 0.25) is 0 Å². The monoisotopic (exact) mass is 508 g/mol. The standard InChI is InChI=1S/C30H44N4O3/c1-18(2)24-14-11-15-25(17-24)32-21(5)26(28(31)35)16-19(3)20(4)33-27(23-12-10-13-23)22(6)34-29(36)37-30(7,8)9/h11,14-17,22-23,27,32-33H,1,5,10,12-13H2,2-4,6-9H3,(H2,31,35)(H,34,36)/b20-19+,26-16+/t22-,27-/m0/s1. The van der Waals surface area contributed by atoms with E-state index >= 15 is 0 Å². The summed E-state index contributed by atoms with van der Waals surface area (Å²) in [5.74, 6) is -0.138. The summed E-state index contributed by atoms with van der Waals surface area (Å²) in [6, 6.07) is 7.60. The van der Waals surface area contributed by atoms with Crippen LogP contribution in [0.3, 0.4) is 0 Å². The number of ether oxygens (including phenoxy) is 1. The average Bonchev–Trinajstić information content (AvgIpc) is 2.73. The minimum absolute atomic E-state index is 0.0212. The fraction of sp³-hybridized carbons (Fsp3) is 0.467. The van der Waals surface area contributed by atoms with Crippen LogP contribution in [0.15, 0.2) is 66.0 Å². The van der Waals surface area contributed by atoms with Gasteiger partial charge in [-0.25, -0.2) is 4.79 Å². The molecule has 2 rings (SSSR count). The summed E-state index contributed by atoms with van der Waals surface area (Å²) >= 11 is 0. The van der Waals surface area contributed by atoms with E-state index < -0.39 is 17.6 Å². The van der Waals surface area contributed by atoms with Gasteiger partial charge in [0.15, 0.2) is 0 Å². The molecule has 37 heavy (non-hydrogen) atoms. The molecule has 0 unspecified atom stereocenters. The number of benzene rings is 1. The number of carbonyl (C=O) groups excluding carboxylic acids is 2. The van der Waals surface area contributed by atoms with Gasteiger partial charge in [0.25, 0.3) is 5.91 Å². The van der Waals surface area contributed by atoms with E-state index in [9.17, 15) is 9.59 Å². The number of amides is 2. The van der Waals surface area contributed by atoms with Gasteiger partial charge in [-0.05, 0) is 96.6 Å². The van der Waals surface area contributed by atoms with Crippen molar-refractivity contribution in [1.82, 2.24) is 10.6 Å². The highest BCUT2D eigenvalue weighted by Crippen LogP contribution is 2.32. The van der Waals surface area contributed by atoms with E-state index in [4.69, 9.17) is 10.5 Å². The third-order valence-corrected chi connectivity index (χ3v) is 6.52. The van der Waals surface area contributed by atoms with Gasteiger partial charge in [-0.1, -0.05) is 37.3 Å². The molecule has 0 spiro atoms. The first-order valence-electron chi connectivity index (χ1n) is 12.8. The Kier molecular flexibility index (Phi) is 10.2. The summed E-state index contributed by atoms with van der Waals surface area (Å²) in [7, 11) is 0. The van der Waals surface area contributed by atoms with Crippen molar-refractivity contribution in [1.29, 1.82) is 0 Å². The molecule has 1 aromatic carbocycles. The van der Waals surface area contributed by atoms with Gasteiger partial charge in [0.1, 0.15) is 5.60 Å². The molecule has 7 nitrogen and oxygen atoms in total. The van der Waals surface area contributed by atoms with Crippen LogP contribution >= 0.6 is 0 Å². The van der Waals surface area contributed by atoms with Crippen molar-refractivity contribution in [3.05, 3.63) is 71.6 Å². The molecule has 1 aliphatic carbocycles. The Hall–Kier alpha value is -3.48. The number of alkyl carbamates (subject to hydrolysis) is 1. The van der Waals surface area contributed by atoms with Gasteiger partial charge < -0.3 is 26.4 Å². The first-order chi connectivity index (χ1) is 17.2. The zero-order chi connectivity index (χ0) is 27.9. The number of nitrogens with two attached hydrogens (primary N) is 1. The fourth-order valence-electron chi connectivity index (χ4n) is 4.13. The first kappa shape index (κ1) is 29.7. The third-order valence-electron chi connectivity index (χ3n) is 6.52. The molecular formula is C30H44N4O3. The average molecular weight is 509 g/mol. The molecule has 2 amide bonds. The molecule has 7 heteroatoms. The Morgan fingerprint density at radius 1 is 1.14 bits per heavy atom.